The lowest BCUT2D eigenvalue weighted by Crippen LogP contribution is -2.58. The van der Waals surface area contributed by atoms with Gasteiger partial charge in [-0.1, -0.05) is 70.5 Å². The molecule has 0 aliphatic carbocycles. The molecule has 6 rings (SSSR count). The van der Waals surface area contributed by atoms with E-state index in [2.05, 4.69) is 106 Å². The Morgan fingerprint density at radius 3 is 2.34 bits per heavy atom. The molecule has 3 aliphatic heterocycles. The highest BCUT2D eigenvalue weighted by atomic mass is 79.9. The Morgan fingerprint density at radius 1 is 0.906 bits per heavy atom. The van der Waals surface area contributed by atoms with Crippen molar-refractivity contribution in [1.82, 2.24) is 9.91 Å². The number of piperidine rings is 1. The fraction of sp³-hybridized carbons (Fsp3) is 0.296. The first-order chi connectivity index (χ1) is 15.6. The molecule has 1 fully saturated rings. The third-order valence-corrected chi connectivity index (χ3v) is 7.55. The average molecular weight is 488 g/mol. The second kappa shape index (κ2) is 7.75. The normalized spacial score (nSPS) is 21.6. The molecule has 0 unspecified atom stereocenters. The summed E-state index contributed by atoms with van der Waals surface area (Å²) in [6.07, 6.45) is 2.81. The van der Waals surface area contributed by atoms with Crippen LogP contribution in [0.2, 0.25) is 0 Å². The van der Waals surface area contributed by atoms with Gasteiger partial charge in [0.15, 0.2) is 0 Å². The lowest BCUT2D eigenvalue weighted by atomic mass is 9.90. The lowest BCUT2D eigenvalue weighted by molar-refractivity contribution is -0.147. The van der Waals surface area contributed by atoms with Crippen LogP contribution in [0.5, 0.6) is 5.75 Å². The minimum atomic E-state index is -0.357. The van der Waals surface area contributed by atoms with Crippen LogP contribution in [0, 0.1) is 0 Å². The van der Waals surface area contributed by atoms with Gasteiger partial charge in [0.2, 0.25) is 5.72 Å². The minimum Gasteiger partial charge on any atom is -0.466 e. The van der Waals surface area contributed by atoms with Gasteiger partial charge >= 0.3 is 0 Å². The van der Waals surface area contributed by atoms with Crippen LogP contribution in [0.1, 0.15) is 36.4 Å². The molecule has 0 radical (unpaired) electrons. The van der Waals surface area contributed by atoms with Crippen molar-refractivity contribution in [1.29, 1.82) is 0 Å². The Kier molecular flexibility index (Phi) is 4.85. The highest BCUT2D eigenvalue weighted by Crippen LogP contribution is 2.50. The fourth-order valence-electron chi connectivity index (χ4n) is 5.21. The number of ether oxygens (including phenoxy) is 1. The number of likely N-dealkylation sites (tertiary alicyclic amines) is 1. The molecule has 0 N–H and O–H groups in total. The number of fused-ring (bicyclic) bond motifs is 4. The summed E-state index contributed by atoms with van der Waals surface area (Å²) in [5.74, 6) is 1.01. The van der Waals surface area contributed by atoms with E-state index in [0.29, 0.717) is 0 Å². The zero-order chi connectivity index (χ0) is 21.7. The van der Waals surface area contributed by atoms with E-state index in [0.717, 1.165) is 48.3 Å². The zero-order valence-electron chi connectivity index (χ0n) is 18.2. The van der Waals surface area contributed by atoms with Crippen molar-refractivity contribution in [2.45, 2.75) is 31.0 Å². The molecule has 32 heavy (non-hydrogen) atoms. The van der Waals surface area contributed by atoms with E-state index in [-0.39, 0.29) is 11.8 Å². The van der Waals surface area contributed by atoms with Crippen molar-refractivity contribution in [2.75, 3.05) is 20.1 Å². The standard InChI is InChI=1S/C27H26BrN3O/c1-30-15-13-27(14-16-30)31-25(23-17-22(28)11-12-26(23)32-27)18-24(29-31)21-9-7-20(8-10-21)19-5-3-2-4-6-19/h2-12,17,25H,13-16,18H2,1H3/t25-/m0/s1. The quantitative estimate of drug-likeness (QED) is 0.438. The summed E-state index contributed by atoms with van der Waals surface area (Å²) in [6, 6.07) is 26.0. The van der Waals surface area contributed by atoms with Crippen molar-refractivity contribution in [3.63, 3.8) is 0 Å². The van der Waals surface area contributed by atoms with Gasteiger partial charge in [0, 0.05) is 42.4 Å². The molecule has 3 aliphatic rings. The number of benzene rings is 3. The van der Waals surface area contributed by atoms with Crippen LogP contribution in [0.25, 0.3) is 11.1 Å². The second-order valence-corrected chi connectivity index (χ2v) is 10.0. The van der Waals surface area contributed by atoms with Gasteiger partial charge in [0.1, 0.15) is 5.75 Å². The zero-order valence-corrected chi connectivity index (χ0v) is 19.8. The van der Waals surface area contributed by atoms with Gasteiger partial charge in [0.25, 0.3) is 0 Å². The molecule has 1 spiro atoms. The summed E-state index contributed by atoms with van der Waals surface area (Å²) in [7, 11) is 2.19. The van der Waals surface area contributed by atoms with E-state index < -0.39 is 0 Å². The maximum absolute atomic E-state index is 6.71. The first-order valence-electron chi connectivity index (χ1n) is 11.3. The molecule has 5 heteroatoms. The Balaban J connectivity index is 1.36. The molecule has 0 saturated carbocycles. The Hall–Kier alpha value is -2.63. The van der Waals surface area contributed by atoms with Crippen LogP contribution in [0.3, 0.4) is 0 Å². The van der Waals surface area contributed by atoms with Crippen molar-refractivity contribution < 1.29 is 4.74 Å². The number of rotatable bonds is 2. The molecule has 4 nitrogen and oxygen atoms in total. The molecule has 1 saturated heterocycles. The number of hydrazone groups is 1. The minimum absolute atomic E-state index is 0.212. The molecule has 0 bridgehead atoms. The summed E-state index contributed by atoms with van der Waals surface area (Å²) < 4.78 is 7.79. The first kappa shape index (κ1) is 20.0. The molecule has 3 aromatic rings. The van der Waals surface area contributed by atoms with E-state index in [1.807, 2.05) is 0 Å². The van der Waals surface area contributed by atoms with Crippen molar-refractivity contribution >= 4 is 21.6 Å². The Bertz CT molecular complexity index is 1170. The van der Waals surface area contributed by atoms with Crippen LogP contribution in [-0.4, -0.2) is 41.5 Å². The van der Waals surface area contributed by atoms with Crippen molar-refractivity contribution in [3.05, 3.63) is 88.4 Å². The van der Waals surface area contributed by atoms with E-state index >= 15 is 0 Å². The number of halogens is 1. The van der Waals surface area contributed by atoms with Gasteiger partial charge in [-0.2, -0.15) is 5.10 Å². The van der Waals surface area contributed by atoms with E-state index in [1.165, 1.54) is 22.3 Å². The van der Waals surface area contributed by atoms with Crippen molar-refractivity contribution in [2.24, 2.45) is 5.10 Å². The monoisotopic (exact) mass is 487 g/mol. The number of nitrogens with zero attached hydrogens (tertiary/aromatic N) is 3. The fourth-order valence-corrected chi connectivity index (χ4v) is 5.59. The SMILES string of the molecule is CN1CCC2(CC1)Oc1ccc(Br)cc1[C@@H]1CC(c3ccc(-c4ccccc4)cc3)=NN12. The van der Waals surface area contributed by atoms with Crippen molar-refractivity contribution in [3.8, 4) is 16.9 Å². The van der Waals surface area contributed by atoms with Gasteiger partial charge in [-0.3, -0.25) is 0 Å². The lowest BCUT2D eigenvalue weighted by Gasteiger charge is -2.50. The molecule has 3 heterocycles. The van der Waals surface area contributed by atoms with Crippen LogP contribution in [-0.2, 0) is 0 Å². The molecule has 3 aromatic carbocycles. The van der Waals surface area contributed by atoms with E-state index in [9.17, 15) is 0 Å². The van der Waals surface area contributed by atoms with E-state index in [4.69, 9.17) is 9.84 Å². The topological polar surface area (TPSA) is 28.1 Å². The third-order valence-electron chi connectivity index (χ3n) is 7.05. The summed E-state index contributed by atoms with van der Waals surface area (Å²) in [6.45, 7) is 2.04. The van der Waals surface area contributed by atoms with E-state index in [1.54, 1.807) is 0 Å². The molecule has 1 atom stereocenters. The van der Waals surface area contributed by atoms with Gasteiger partial charge < -0.3 is 9.64 Å². The van der Waals surface area contributed by atoms with Gasteiger partial charge in [-0.05, 0) is 41.9 Å². The maximum Gasteiger partial charge on any atom is 0.200 e. The highest BCUT2D eigenvalue weighted by molar-refractivity contribution is 9.10. The second-order valence-electron chi connectivity index (χ2n) is 9.09. The van der Waals surface area contributed by atoms with Gasteiger partial charge in [-0.15, -0.1) is 0 Å². The number of hydrogen-bond acceptors (Lipinski definition) is 4. The third kappa shape index (κ3) is 3.35. The smallest absolute Gasteiger partial charge is 0.200 e. The summed E-state index contributed by atoms with van der Waals surface area (Å²) in [4.78, 5) is 2.38. The Morgan fingerprint density at radius 2 is 1.59 bits per heavy atom. The van der Waals surface area contributed by atoms with Crippen LogP contribution < -0.4 is 4.74 Å². The summed E-state index contributed by atoms with van der Waals surface area (Å²) >= 11 is 3.65. The molecule has 162 valence electrons. The molecule has 0 aromatic heterocycles. The highest BCUT2D eigenvalue weighted by Gasteiger charge is 2.51. The molecule has 0 amide bonds. The summed E-state index contributed by atoms with van der Waals surface area (Å²) in [5.41, 5.74) is 5.67. The largest absolute Gasteiger partial charge is 0.466 e. The van der Waals surface area contributed by atoms with Crippen LogP contribution in [0.4, 0.5) is 0 Å². The van der Waals surface area contributed by atoms with Crippen LogP contribution >= 0.6 is 15.9 Å². The first-order valence-corrected chi connectivity index (χ1v) is 12.1. The van der Waals surface area contributed by atoms with Crippen LogP contribution in [0.15, 0.2) is 82.4 Å². The maximum atomic E-state index is 6.71. The predicted molar refractivity (Wildman–Crippen MR) is 132 cm³/mol. The van der Waals surface area contributed by atoms with Gasteiger partial charge in [0.05, 0.1) is 11.8 Å². The predicted octanol–water partition coefficient (Wildman–Crippen LogP) is 6.08. The van der Waals surface area contributed by atoms with Gasteiger partial charge in [-0.25, -0.2) is 5.01 Å². The summed E-state index contributed by atoms with van der Waals surface area (Å²) in [5, 5.41) is 7.49. The molecular formula is C27H26BrN3O. The average Bonchev–Trinajstić information content (AvgIpc) is 3.29. The molecular weight excluding hydrogens is 462 g/mol. The Labute approximate surface area is 197 Å². The number of hydrogen-bond donors (Lipinski definition) is 0.